The third kappa shape index (κ3) is 3.00. The highest BCUT2D eigenvalue weighted by molar-refractivity contribution is 6.01. The number of hydrogen-bond acceptors (Lipinski definition) is 3. The van der Waals surface area contributed by atoms with Crippen LogP contribution in [0.4, 0.5) is 4.79 Å². The summed E-state index contributed by atoms with van der Waals surface area (Å²) in [5, 5.41) is 2.26. The van der Waals surface area contributed by atoms with Gasteiger partial charge in [-0.3, -0.25) is 14.9 Å². The van der Waals surface area contributed by atoms with E-state index in [0.29, 0.717) is 13.0 Å². The Bertz CT molecular complexity index is 354. The van der Waals surface area contributed by atoms with Gasteiger partial charge in [-0.05, 0) is 27.2 Å². The highest BCUT2D eigenvalue weighted by Gasteiger charge is 2.34. The van der Waals surface area contributed by atoms with E-state index in [1.165, 1.54) is 4.90 Å². The van der Waals surface area contributed by atoms with E-state index in [0.717, 1.165) is 0 Å². The molecule has 4 amide bonds. The summed E-state index contributed by atoms with van der Waals surface area (Å²) >= 11 is 0. The first-order valence-corrected chi connectivity index (χ1v) is 6.25. The van der Waals surface area contributed by atoms with Crippen LogP contribution in [0, 0.1) is 0 Å². The van der Waals surface area contributed by atoms with Crippen LogP contribution in [0.5, 0.6) is 0 Å². The first-order valence-electron chi connectivity index (χ1n) is 6.25. The van der Waals surface area contributed by atoms with Crippen molar-refractivity contribution in [2.45, 2.75) is 45.7 Å². The zero-order valence-corrected chi connectivity index (χ0v) is 11.4. The lowest BCUT2D eigenvalue weighted by atomic mass is 10.1. The normalized spacial score (nSPS) is 19.7. The number of likely N-dealkylation sites (N-methyl/N-ethyl adjacent to an activating group) is 1. The number of carbonyl (C=O) groups excluding carboxylic acids is 3. The van der Waals surface area contributed by atoms with Crippen LogP contribution in [0.1, 0.15) is 33.6 Å². The van der Waals surface area contributed by atoms with E-state index >= 15 is 0 Å². The van der Waals surface area contributed by atoms with E-state index < -0.39 is 6.04 Å². The SMILES string of the molecule is CCN(C(=O)N(C)C1CCC(=O)NC1=O)C(C)C. The van der Waals surface area contributed by atoms with Crippen molar-refractivity contribution in [3.05, 3.63) is 0 Å². The van der Waals surface area contributed by atoms with Gasteiger partial charge in [0.15, 0.2) is 0 Å². The third-order valence-electron chi connectivity index (χ3n) is 3.19. The Morgan fingerprint density at radius 1 is 1.44 bits per heavy atom. The average Bonchev–Trinajstić information content (AvgIpc) is 2.28. The first kappa shape index (κ1) is 14.5. The molecule has 1 saturated heterocycles. The van der Waals surface area contributed by atoms with E-state index in [1.807, 2.05) is 20.8 Å². The molecule has 0 aromatic carbocycles. The molecule has 0 aromatic heterocycles. The fourth-order valence-corrected chi connectivity index (χ4v) is 2.11. The second kappa shape index (κ2) is 5.84. The van der Waals surface area contributed by atoms with Crippen LogP contribution in [-0.4, -0.2) is 53.3 Å². The highest BCUT2D eigenvalue weighted by Crippen LogP contribution is 2.13. The number of carbonyl (C=O) groups is 3. The maximum atomic E-state index is 12.2. The van der Waals surface area contributed by atoms with Gasteiger partial charge in [0.25, 0.3) is 0 Å². The summed E-state index contributed by atoms with van der Waals surface area (Å²) < 4.78 is 0. The fraction of sp³-hybridized carbons (Fsp3) is 0.750. The number of nitrogens with zero attached hydrogens (tertiary/aromatic N) is 2. The minimum absolute atomic E-state index is 0.0817. The van der Waals surface area contributed by atoms with Crippen LogP contribution < -0.4 is 5.32 Å². The molecule has 1 fully saturated rings. The van der Waals surface area contributed by atoms with E-state index in [1.54, 1.807) is 11.9 Å². The second-order valence-electron chi connectivity index (χ2n) is 4.74. The fourth-order valence-electron chi connectivity index (χ4n) is 2.11. The Balaban J connectivity index is 2.74. The van der Waals surface area contributed by atoms with Crippen molar-refractivity contribution in [1.82, 2.24) is 15.1 Å². The van der Waals surface area contributed by atoms with Gasteiger partial charge in [0.2, 0.25) is 11.8 Å². The van der Waals surface area contributed by atoms with Crippen LogP contribution in [0.15, 0.2) is 0 Å². The molecule has 0 aromatic rings. The van der Waals surface area contributed by atoms with Crippen LogP contribution in [0.2, 0.25) is 0 Å². The van der Waals surface area contributed by atoms with Crippen LogP contribution in [0.25, 0.3) is 0 Å². The maximum Gasteiger partial charge on any atom is 0.320 e. The van der Waals surface area contributed by atoms with Gasteiger partial charge in [0, 0.05) is 26.1 Å². The Labute approximate surface area is 107 Å². The molecular weight excluding hydrogens is 234 g/mol. The van der Waals surface area contributed by atoms with E-state index in [9.17, 15) is 14.4 Å². The molecule has 0 radical (unpaired) electrons. The smallest absolute Gasteiger partial charge is 0.320 e. The predicted molar refractivity (Wildman–Crippen MR) is 66.8 cm³/mol. The van der Waals surface area contributed by atoms with Gasteiger partial charge < -0.3 is 9.80 Å². The minimum Gasteiger partial charge on any atom is -0.322 e. The van der Waals surface area contributed by atoms with Gasteiger partial charge in [-0.15, -0.1) is 0 Å². The van der Waals surface area contributed by atoms with Crippen molar-refractivity contribution in [1.29, 1.82) is 0 Å². The molecule has 6 nitrogen and oxygen atoms in total. The summed E-state index contributed by atoms with van der Waals surface area (Å²) in [6.45, 7) is 6.35. The van der Waals surface area contributed by atoms with Gasteiger partial charge >= 0.3 is 6.03 Å². The van der Waals surface area contributed by atoms with Crippen molar-refractivity contribution >= 4 is 17.8 Å². The quantitative estimate of drug-likeness (QED) is 0.750. The molecule has 0 saturated carbocycles. The molecule has 1 aliphatic rings. The molecule has 6 heteroatoms. The van der Waals surface area contributed by atoms with Crippen molar-refractivity contribution < 1.29 is 14.4 Å². The molecule has 18 heavy (non-hydrogen) atoms. The van der Waals surface area contributed by atoms with E-state index in [4.69, 9.17) is 0 Å². The lowest BCUT2D eigenvalue weighted by Gasteiger charge is -2.35. The molecule has 0 bridgehead atoms. The molecule has 102 valence electrons. The maximum absolute atomic E-state index is 12.2. The minimum atomic E-state index is -0.553. The number of piperidine rings is 1. The number of nitrogens with one attached hydrogen (secondary N) is 1. The average molecular weight is 255 g/mol. The molecule has 1 heterocycles. The highest BCUT2D eigenvalue weighted by atomic mass is 16.2. The summed E-state index contributed by atoms with van der Waals surface area (Å²) in [4.78, 5) is 38.1. The summed E-state index contributed by atoms with van der Waals surface area (Å²) in [7, 11) is 1.60. The number of hydrogen-bond donors (Lipinski definition) is 1. The molecule has 1 aliphatic heterocycles. The number of urea groups is 1. The zero-order chi connectivity index (χ0) is 13.9. The van der Waals surface area contributed by atoms with Crippen LogP contribution >= 0.6 is 0 Å². The van der Waals surface area contributed by atoms with Crippen molar-refractivity contribution in [3.8, 4) is 0 Å². The predicted octanol–water partition coefficient (Wildman–Crippen LogP) is 0.574. The second-order valence-corrected chi connectivity index (χ2v) is 4.74. The molecule has 1 unspecified atom stereocenters. The van der Waals surface area contributed by atoms with Crippen molar-refractivity contribution in [3.63, 3.8) is 0 Å². The summed E-state index contributed by atoms with van der Waals surface area (Å²) in [5.74, 6) is -0.657. The number of amides is 4. The standard InChI is InChI=1S/C12H21N3O3/c1-5-15(8(2)3)12(18)14(4)9-6-7-10(16)13-11(9)17/h8-9H,5-7H2,1-4H3,(H,13,16,17). The Morgan fingerprint density at radius 2 is 2.06 bits per heavy atom. The van der Waals surface area contributed by atoms with Gasteiger partial charge in [-0.1, -0.05) is 0 Å². The van der Waals surface area contributed by atoms with Crippen LogP contribution in [0.3, 0.4) is 0 Å². The number of imide groups is 1. The first-order chi connectivity index (χ1) is 8.38. The third-order valence-corrected chi connectivity index (χ3v) is 3.19. The summed E-state index contributed by atoms with van der Waals surface area (Å²) in [6.07, 6.45) is 0.671. The molecule has 0 spiro atoms. The Kier molecular flexibility index (Phi) is 4.69. The Hall–Kier alpha value is -1.59. The topological polar surface area (TPSA) is 69.7 Å². The van der Waals surface area contributed by atoms with E-state index in [-0.39, 0.29) is 30.3 Å². The molecule has 1 atom stereocenters. The van der Waals surface area contributed by atoms with Gasteiger partial charge in [0.05, 0.1) is 0 Å². The zero-order valence-electron chi connectivity index (χ0n) is 11.4. The van der Waals surface area contributed by atoms with Crippen molar-refractivity contribution in [2.24, 2.45) is 0 Å². The van der Waals surface area contributed by atoms with Gasteiger partial charge in [0.1, 0.15) is 6.04 Å². The summed E-state index contributed by atoms with van der Waals surface area (Å²) in [6, 6.07) is -0.650. The Morgan fingerprint density at radius 3 is 2.50 bits per heavy atom. The largest absolute Gasteiger partial charge is 0.322 e. The monoisotopic (exact) mass is 255 g/mol. The van der Waals surface area contributed by atoms with Gasteiger partial charge in [-0.25, -0.2) is 4.79 Å². The van der Waals surface area contributed by atoms with E-state index in [2.05, 4.69) is 5.32 Å². The lowest BCUT2D eigenvalue weighted by molar-refractivity contribution is -0.136. The van der Waals surface area contributed by atoms with Crippen molar-refractivity contribution in [2.75, 3.05) is 13.6 Å². The molecule has 0 aliphatic carbocycles. The molecule has 1 N–H and O–H groups in total. The van der Waals surface area contributed by atoms with Gasteiger partial charge in [-0.2, -0.15) is 0 Å². The summed E-state index contributed by atoms with van der Waals surface area (Å²) in [5.41, 5.74) is 0. The number of rotatable bonds is 3. The van der Waals surface area contributed by atoms with Crippen LogP contribution in [-0.2, 0) is 9.59 Å². The lowest BCUT2D eigenvalue weighted by Crippen LogP contribution is -2.56. The molecule has 1 rings (SSSR count). The molecular formula is C12H21N3O3.